The minimum absolute atomic E-state index is 0.0838. The van der Waals surface area contributed by atoms with Crippen molar-refractivity contribution >= 4 is 5.91 Å². The first-order valence-electron chi connectivity index (χ1n) is 8.29. The van der Waals surface area contributed by atoms with Crippen molar-refractivity contribution < 1.29 is 9.53 Å². The lowest BCUT2D eigenvalue weighted by Gasteiger charge is -2.30. The monoisotopic (exact) mass is 304 g/mol. The molecule has 1 fully saturated rings. The van der Waals surface area contributed by atoms with E-state index in [0.29, 0.717) is 6.42 Å². The van der Waals surface area contributed by atoms with E-state index in [1.807, 2.05) is 24.3 Å². The van der Waals surface area contributed by atoms with E-state index in [1.165, 1.54) is 25.9 Å². The van der Waals surface area contributed by atoms with Crippen molar-refractivity contribution in [3.8, 4) is 5.75 Å². The number of carbonyl (C=O) groups excluding carboxylic acids is 1. The van der Waals surface area contributed by atoms with E-state index in [1.54, 1.807) is 7.11 Å². The van der Waals surface area contributed by atoms with Crippen LogP contribution < -0.4 is 10.1 Å². The Balaban J connectivity index is 1.61. The number of amides is 1. The average molecular weight is 304 g/mol. The molecule has 2 rings (SSSR count). The van der Waals surface area contributed by atoms with Crippen molar-refractivity contribution in [2.75, 3.05) is 33.3 Å². The van der Waals surface area contributed by atoms with Crippen LogP contribution in [0.5, 0.6) is 5.75 Å². The third-order valence-electron chi connectivity index (χ3n) is 4.35. The van der Waals surface area contributed by atoms with Crippen molar-refractivity contribution in [1.82, 2.24) is 10.2 Å². The van der Waals surface area contributed by atoms with E-state index in [0.717, 1.165) is 36.7 Å². The predicted octanol–water partition coefficient (Wildman–Crippen LogP) is 2.48. The van der Waals surface area contributed by atoms with Crippen molar-refractivity contribution in [3.63, 3.8) is 0 Å². The molecule has 0 unspecified atom stereocenters. The van der Waals surface area contributed by atoms with E-state index in [-0.39, 0.29) is 5.91 Å². The van der Waals surface area contributed by atoms with E-state index in [2.05, 4.69) is 17.1 Å². The van der Waals surface area contributed by atoms with Gasteiger partial charge < -0.3 is 15.0 Å². The number of ether oxygens (including phenoxy) is 1. The SMILES string of the molecule is COc1cccc(CC(=O)NCCCN2CCC(C)CC2)c1. The molecule has 1 aromatic carbocycles. The van der Waals surface area contributed by atoms with Gasteiger partial charge >= 0.3 is 0 Å². The molecule has 4 nitrogen and oxygen atoms in total. The average Bonchev–Trinajstić information content (AvgIpc) is 2.53. The predicted molar refractivity (Wildman–Crippen MR) is 89.2 cm³/mol. The number of hydrogen-bond acceptors (Lipinski definition) is 3. The lowest BCUT2D eigenvalue weighted by molar-refractivity contribution is -0.120. The lowest BCUT2D eigenvalue weighted by atomic mass is 9.99. The highest BCUT2D eigenvalue weighted by Gasteiger charge is 2.14. The largest absolute Gasteiger partial charge is 0.497 e. The summed E-state index contributed by atoms with van der Waals surface area (Å²) >= 11 is 0. The Labute approximate surface area is 133 Å². The molecule has 0 aliphatic carbocycles. The van der Waals surface area contributed by atoms with Gasteiger partial charge in [0.05, 0.1) is 13.5 Å². The van der Waals surface area contributed by atoms with E-state index < -0.39 is 0 Å². The fourth-order valence-electron chi connectivity index (χ4n) is 2.85. The molecular weight excluding hydrogens is 276 g/mol. The molecule has 1 aromatic rings. The summed E-state index contributed by atoms with van der Waals surface area (Å²) in [4.78, 5) is 14.4. The standard InChI is InChI=1S/C18H28N2O2/c1-15-7-11-20(12-8-15)10-4-9-19-18(21)14-16-5-3-6-17(13-16)22-2/h3,5-6,13,15H,4,7-12,14H2,1-2H3,(H,19,21). The van der Waals surface area contributed by atoms with Gasteiger partial charge in [0, 0.05) is 6.54 Å². The van der Waals surface area contributed by atoms with Gasteiger partial charge in [0.15, 0.2) is 0 Å². The maximum atomic E-state index is 11.9. The molecule has 1 N–H and O–H groups in total. The van der Waals surface area contributed by atoms with Crippen LogP contribution in [0.25, 0.3) is 0 Å². The molecule has 0 atom stereocenters. The van der Waals surface area contributed by atoms with Gasteiger partial charge in [0.2, 0.25) is 5.91 Å². The summed E-state index contributed by atoms with van der Waals surface area (Å²) in [5.41, 5.74) is 0.988. The minimum Gasteiger partial charge on any atom is -0.497 e. The van der Waals surface area contributed by atoms with Crippen molar-refractivity contribution in [2.24, 2.45) is 5.92 Å². The van der Waals surface area contributed by atoms with Gasteiger partial charge in [-0.3, -0.25) is 4.79 Å². The molecular formula is C18H28N2O2. The number of carbonyl (C=O) groups is 1. The smallest absolute Gasteiger partial charge is 0.224 e. The Morgan fingerprint density at radius 1 is 1.36 bits per heavy atom. The number of likely N-dealkylation sites (tertiary alicyclic amines) is 1. The molecule has 1 heterocycles. The first-order chi connectivity index (χ1) is 10.7. The highest BCUT2D eigenvalue weighted by molar-refractivity contribution is 5.78. The van der Waals surface area contributed by atoms with Crippen LogP contribution in [0.4, 0.5) is 0 Å². The van der Waals surface area contributed by atoms with Crippen LogP contribution in [0.2, 0.25) is 0 Å². The van der Waals surface area contributed by atoms with Crippen LogP contribution >= 0.6 is 0 Å². The van der Waals surface area contributed by atoms with Gasteiger partial charge in [0.1, 0.15) is 5.75 Å². The lowest BCUT2D eigenvalue weighted by Crippen LogP contribution is -2.35. The van der Waals surface area contributed by atoms with Crippen LogP contribution in [-0.2, 0) is 11.2 Å². The Hall–Kier alpha value is -1.55. The number of nitrogens with zero attached hydrogens (tertiary/aromatic N) is 1. The number of methoxy groups -OCH3 is 1. The summed E-state index contributed by atoms with van der Waals surface area (Å²) in [6.45, 7) is 6.59. The number of piperidine rings is 1. The summed E-state index contributed by atoms with van der Waals surface area (Å²) in [5.74, 6) is 1.75. The summed E-state index contributed by atoms with van der Waals surface area (Å²) < 4.78 is 5.17. The zero-order valence-corrected chi connectivity index (χ0v) is 13.8. The highest BCUT2D eigenvalue weighted by atomic mass is 16.5. The molecule has 0 spiro atoms. The molecule has 1 saturated heterocycles. The third kappa shape index (κ3) is 5.68. The number of hydrogen-bond donors (Lipinski definition) is 1. The molecule has 22 heavy (non-hydrogen) atoms. The zero-order valence-electron chi connectivity index (χ0n) is 13.8. The van der Waals surface area contributed by atoms with Crippen molar-refractivity contribution in [2.45, 2.75) is 32.6 Å². The quantitative estimate of drug-likeness (QED) is 0.787. The van der Waals surface area contributed by atoms with Crippen LogP contribution in [-0.4, -0.2) is 44.1 Å². The minimum atomic E-state index is 0.0838. The summed E-state index contributed by atoms with van der Waals surface area (Å²) in [7, 11) is 1.64. The number of nitrogens with one attached hydrogen (secondary N) is 1. The van der Waals surface area contributed by atoms with Crippen molar-refractivity contribution in [1.29, 1.82) is 0 Å². The van der Waals surface area contributed by atoms with Gasteiger partial charge in [-0.2, -0.15) is 0 Å². The maximum absolute atomic E-state index is 11.9. The molecule has 1 amide bonds. The fraction of sp³-hybridized carbons (Fsp3) is 0.611. The van der Waals surface area contributed by atoms with Gasteiger partial charge in [0.25, 0.3) is 0 Å². The second-order valence-corrected chi connectivity index (χ2v) is 6.26. The highest BCUT2D eigenvalue weighted by Crippen LogP contribution is 2.15. The first-order valence-corrected chi connectivity index (χ1v) is 8.29. The first kappa shape index (κ1) is 16.8. The van der Waals surface area contributed by atoms with Crippen LogP contribution in [0, 0.1) is 5.92 Å². The Morgan fingerprint density at radius 2 is 2.14 bits per heavy atom. The summed E-state index contributed by atoms with van der Waals surface area (Å²) in [5, 5.41) is 3.01. The zero-order chi connectivity index (χ0) is 15.8. The van der Waals surface area contributed by atoms with Gasteiger partial charge in [-0.15, -0.1) is 0 Å². The Kier molecular flexibility index (Phi) is 6.72. The molecule has 1 aliphatic heterocycles. The van der Waals surface area contributed by atoms with E-state index >= 15 is 0 Å². The van der Waals surface area contributed by atoms with Crippen LogP contribution in [0.15, 0.2) is 24.3 Å². The van der Waals surface area contributed by atoms with Crippen LogP contribution in [0.1, 0.15) is 31.7 Å². The fourth-order valence-corrected chi connectivity index (χ4v) is 2.85. The van der Waals surface area contributed by atoms with E-state index in [4.69, 9.17) is 4.74 Å². The summed E-state index contributed by atoms with van der Waals surface area (Å²) in [6, 6.07) is 7.67. The summed E-state index contributed by atoms with van der Waals surface area (Å²) in [6.07, 6.45) is 4.06. The topological polar surface area (TPSA) is 41.6 Å². The number of benzene rings is 1. The second kappa shape index (κ2) is 8.79. The third-order valence-corrected chi connectivity index (χ3v) is 4.35. The molecule has 4 heteroatoms. The maximum Gasteiger partial charge on any atom is 0.224 e. The van der Waals surface area contributed by atoms with Crippen molar-refractivity contribution in [3.05, 3.63) is 29.8 Å². The number of rotatable bonds is 7. The van der Waals surface area contributed by atoms with Gasteiger partial charge in [-0.1, -0.05) is 19.1 Å². The molecule has 0 saturated carbocycles. The Morgan fingerprint density at radius 3 is 2.86 bits per heavy atom. The molecule has 0 bridgehead atoms. The van der Waals surface area contributed by atoms with Crippen LogP contribution in [0.3, 0.4) is 0 Å². The second-order valence-electron chi connectivity index (χ2n) is 6.26. The molecule has 122 valence electrons. The Bertz CT molecular complexity index is 468. The normalized spacial score (nSPS) is 16.5. The van der Waals surface area contributed by atoms with Gasteiger partial charge in [-0.25, -0.2) is 0 Å². The molecule has 0 aromatic heterocycles. The molecule has 1 aliphatic rings. The molecule has 0 radical (unpaired) electrons. The van der Waals surface area contributed by atoms with Gasteiger partial charge in [-0.05, 0) is 62.5 Å². The van der Waals surface area contributed by atoms with E-state index in [9.17, 15) is 4.79 Å².